The van der Waals surface area contributed by atoms with Gasteiger partial charge >= 0.3 is 0 Å². The van der Waals surface area contributed by atoms with Crippen LogP contribution in [0.5, 0.6) is 0 Å². The second-order valence-electron chi connectivity index (χ2n) is 6.32. The third kappa shape index (κ3) is 2.91. The highest BCUT2D eigenvalue weighted by Gasteiger charge is 2.46. The van der Waals surface area contributed by atoms with Crippen LogP contribution >= 0.6 is 0 Å². The van der Waals surface area contributed by atoms with Gasteiger partial charge in [-0.3, -0.25) is 4.79 Å². The molecule has 1 aliphatic heterocycles. The number of rotatable bonds is 3. The molecule has 2 aliphatic rings. The van der Waals surface area contributed by atoms with Crippen molar-refractivity contribution in [3.8, 4) is 0 Å². The molecule has 2 heterocycles. The van der Waals surface area contributed by atoms with Crippen molar-refractivity contribution in [2.45, 2.75) is 25.4 Å². The van der Waals surface area contributed by atoms with E-state index in [-0.39, 0.29) is 29.7 Å². The van der Waals surface area contributed by atoms with Gasteiger partial charge in [0, 0.05) is 19.4 Å². The van der Waals surface area contributed by atoms with E-state index < -0.39 is 0 Å². The zero-order valence-corrected chi connectivity index (χ0v) is 13.3. The third-order valence-corrected chi connectivity index (χ3v) is 4.62. The van der Waals surface area contributed by atoms with Crippen LogP contribution in [-0.4, -0.2) is 40.6 Å². The van der Waals surface area contributed by atoms with Crippen molar-refractivity contribution in [2.75, 3.05) is 19.7 Å². The van der Waals surface area contributed by atoms with Gasteiger partial charge in [-0.25, -0.2) is 4.39 Å². The molecule has 2 fully saturated rings. The Bertz CT molecular complexity index is 746. The van der Waals surface area contributed by atoms with Gasteiger partial charge in [-0.15, -0.1) is 0 Å². The summed E-state index contributed by atoms with van der Waals surface area (Å²) in [5.74, 6) is 0.992. The average molecular weight is 331 g/mol. The molecule has 126 valence electrons. The first-order chi connectivity index (χ1) is 11.6. The SMILES string of the molecule is Cc1nc(C2CN(C(=O)C3CC3c3ccc(F)cc3)CCO2)no1. The molecular formula is C17H18FN3O3. The second-order valence-corrected chi connectivity index (χ2v) is 6.32. The van der Waals surface area contributed by atoms with E-state index in [1.54, 1.807) is 19.1 Å². The van der Waals surface area contributed by atoms with Crippen molar-refractivity contribution in [1.82, 2.24) is 15.0 Å². The molecule has 0 N–H and O–H groups in total. The van der Waals surface area contributed by atoms with Crippen molar-refractivity contribution in [2.24, 2.45) is 5.92 Å². The maximum absolute atomic E-state index is 13.0. The predicted molar refractivity (Wildman–Crippen MR) is 81.6 cm³/mol. The number of amides is 1. The van der Waals surface area contributed by atoms with Crippen LogP contribution < -0.4 is 0 Å². The van der Waals surface area contributed by atoms with E-state index >= 15 is 0 Å². The maximum Gasteiger partial charge on any atom is 0.226 e. The number of hydrogen-bond donors (Lipinski definition) is 0. The molecular weight excluding hydrogens is 313 g/mol. The summed E-state index contributed by atoms with van der Waals surface area (Å²) in [6.07, 6.45) is 0.469. The first kappa shape index (κ1) is 15.3. The van der Waals surface area contributed by atoms with E-state index in [0.29, 0.717) is 31.4 Å². The van der Waals surface area contributed by atoms with Crippen LogP contribution in [0.3, 0.4) is 0 Å². The minimum Gasteiger partial charge on any atom is -0.366 e. The molecule has 6 nitrogen and oxygen atoms in total. The number of hydrogen-bond acceptors (Lipinski definition) is 5. The van der Waals surface area contributed by atoms with Crippen molar-refractivity contribution in [3.63, 3.8) is 0 Å². The molecule has 1 aliphatic carbocycles. The van der Waals surface area contributed by atoms with Crippen LogP contribution in [-0.2, 0) is 9.53 Å². The first-order valence-corrected chi connectivity index (χ1v) is 8.08. The van der Waals surface area contributed by atoms with Crippen LogP contribution in [0.1, 0.15) is 35.7 Å². The molecule has 0 spiro atoms. The number of morpholine rings is 1. The van der Waals surface area contributed by atoms with E-state index in [2.05, 4.69) is 10.1 Å². The van der Waals surface area contributed by atoms with Crippen molar-refractivity contribution in [3.05, 3.63) is 47.4 Å². The second kappa shape index (κ2) is 5.98. The zero-order chi connectivity index (χ0) is 16.7. The van der Waals surface area contributed by atoms with E-state index in [0.717, 1.165) is 12.0 Å². The molecule has 4 rings (SSSR count). The molecule has 1 saturated carbocycles. The van der Waals surface area contributed by atoms with Gasteiger partial charge in [0.25, 0.3) is 0 Å². The third-order valence-electron chi connectivity index (χ3n) is 4.62. The lowest BCUT2D eigenvalue weighted by Crippen LogP contribution is -2.43. The standard InChI is InChI=1S/C17H18FN3O3/c1-10-19-16(20-24-10)15-9-21(6-7-23-15)17(22)14-8-13(14)11-2-4-12(18)5-3-11/h2-5,13-15H,6-9H2,1H3. The van der Waals surface area contributed by atoms with Gasteiger partial charge in [0.15, 0.2) is 0 Å². The minimum absolute atomic E-state index is 0.0267. The normalized spacial score (nSPS) is 26.4. The summed E-state index contributed by atoms with van der Waals surface area (Å²) in [7, 11) is 0. The van der Waals surface area contributed by atoms with E-state index in [1.165, 1.54) is 12.1 Å². The smallest absolute Gasteiger partial charge is 0.226 e. The molecule has 3 atom stereocenters. The number of aryl methyl sites for hydroxylation is 1. The summed E-state index contributed by atoms with van der Waals surface area (Å²) in [6, 6.07) is 6.41. The molecule has 1 saturated heterocycles. The van der Waals surface area contributed by atoms with Gasteiger partial charge in [-0.05, 0) is 30.0 Å². The highest BCUT2D eigenvalue weighted by molar-refractivity contribution is 5.83. The van der Waals surface area contributed by atoms with E-state index in [9.17, 15) is 9.18 Å². The van der Waals surface area contributed by atoms with Crippen molar-refractivity contribution >= 4 is 5.91 Å². The van der Waals surface area contributed by atoms with E-state index in [1.807, 2.05) is 4.90 Å². The molecule has 1 aromatic heterocycles. The lowest BCUT2D eigenvalue weighted by molar-refractivity contribution is -0.140. The number of aromatic nitrogens is 2. The lowest BCUT2D eigenvalue weighted by atomic mass is 10.1. The lowest BCUT2D eigenvalue weighted by Gasteiger charge is -2.31. The van der Waals surface area contributed by atoms with Crippen molar-refractivity contribution in [1.29, 1.82) is 0 Å². The Morgan fingerprint density at radius 3 is 2.83 bits per heavy atom. The summed E-state index contributed by atoms with van der Waals surface area (Å²) in [4.78, 5) is 18.7. The van der Waals surface area contributed by atoms with Crippen LogP contribution in [0.2, 0.25) is 0 Å². The molecule has 2 aromatic rings. The first-order valence-electron chi connectivity index (χ1n) is 8.08. The number of carbonyl (C=O) groups excluding carboxylic acids is 1. The Morgan fingerprint density at radius 2 is 2.12 bits per heavy atom. The van der Waals surface area contributed by atoms with Crippen LogP contribution in [0, 0.1) is 18.7 Å². The summed E-state index contributed by atoms with van der Waals surface area (Å²) in [6.45, 7) is 3.18. The molecule has 1 aromatic carbocycles. The minimum atomic E-state index is -0.344. The van der Waals surface area contributed by atoms with Gasteiger partial charge in [0.05, 0.1) is 13.2 Å². The zero-order valence-electron chi connectivity index (χ0n) is 13.3. The summed E-state index contributed by atoms with van der Waals surface area (Å²) >= 11 is 0. The maximum atomic E-state index is 13.0. The highest BCUT2D eigenvalue weighted by atomic mass is 19.1. The number of ether oxygens (including phenoxy) is 1. The Balaban J connectivity index is 1.41. The fraction of sp³-hybridized carbons (Fsp3) is 0.471. The largest absolute Gasteiger partial charge is 0.366 e. The number of nitrogens with zero attached hydrogens (tertiary/aromatic N) is 3. The Morgan fingerprint density at radius 1 is 1.33 bits per heavy atom. The van der Waals surface area contributed by atoms with E-state index in [4.69, 9.17) is 9.26 Å². The van der Waals surface area contributed by atoms with Crippen LogP contribution in [0.4, 0.5) is 4.39 Å². The Labute approximate surface area is 138 Å². The summed E-state index contributed by atoms with van der Waals surface area (Å²) in [5, 5.41) is 3.88. The molecule has 1 amide bonds. The summed E-state index contributed by atoms with van der Waals surface area (Å²) in [5.41, 5.74) is 1.02. The fourth-order valence-corrected chi connectivity index (χ4v) is 3.23. The molecule has 0 bridgehead atoms. The molecule has 24 heavy (non-hydrogen) atoms. The molecule has 0 radical (unpaired) electrons. The Hall–Kier alpha value is -2.28. The number of benzene rings is 1. The fourth-order valence-electron chi connectivity index (χ4n) is 3.23. The van der Waals surface area contributed by atoms with Gasteiger partial charge in [-0.2, -0.15) is 4.98 Å². The molecule has 7 heteroatoms. The average Bonchev–Trinajstić information content (AvgIpc) is 3.28. The van der Waals surface area contributed by atoms with Crippen LogP contribution in [0.25, 0.3) is 0 Å². The topological polar surface area (TPSA) is 68.5 Å². The Kier molecular flexibility index (Phi) is 3.80. The predicted octanol–water partition coefficient (Wildman–Crippen LogP) is 2.22. The summed E-state index contributed by atoms with van der Waals surface area (Å²) < 4.78 is 23.7. The van der Waals surface area contributed by atoms with Crippen LogP contribution in [0.15, 0.2) is 28.8 Å². The van der Waals surface area contributed by atoms with Gasteiger partial charge in [-0.1, -0.05) is 17.3 Å². The monoisotopic (exact) mass is 331 g/mol. The van der Waals surface area contributed by atoms with Gasteiger partial charge in [0.1, 0.15) is 11.9 Å². The molecule has 3 unspecified atom stereocenters. The highest BCUT2D eigenvalue weighted by Crippen LogP contribution is 2.48. The van der Waals surface area contributed by atoms with Gasteiger partial charge in [0.2, 0.25) is 17.6 Å². The van der Waals surface area contributed by atoms with Gasteiger partial charge < -0.3 is 14.2 Å². The number of carbonyl (C=O) groups is 1. The quantitative estimate of drug-likeness (QED) is 0.863. The number of halogens is 1. The van der Waals surface area contributed by atoms with Crippen molar-refractivity contribution < 1.29 is 18.4 Å².